The molecule has 2 rings (SSSR count). The Bertz CT molecular complexity index is 337. The van der Waals surface area contributed by atoms with E-state index >= 15 is 0 Å². The van der Waals surface area contributed by atoms with Gasteiger partial charge in [-0.15, -0.1) is 24.0 Å². The van der Waals surface area contributed by atoms with Gasteiger partial charge in [0, 0.05) is 31.9 Å². The Morgan fingerprint density at radius 3 is 2.90 bits per heavy atom. The molecule has 124 valence electrons. The van der Waals surface area contributed by atoms with Gasteiger partial charge in [0.2, 0.25) is 0 Å². The summed E-state index contributed by atoms with van der Waals surface area (Å²) in [5, 5.41) is 17.0. The van der Waals surface area contributed by atoms with Gasteiger partial charge in [0.05, 0.1) is 5.60 Å². The summed E-state index contributed by atoms with van der Waals surface area (Å²) in [6.07, 6.45) is 3.43. The van der Waals surface area contributed by atoms with Gasteiger partial charge >= 0.3 is 0 Å². The topological polar surface area (TPSA) is 59.9 Å². The molecule has 0 amide bonds. The maximum atomic E-state index is 10.3. The van der Waals surface area contributed by atoms with Crippen LogP contribution in [0.3, 0.4) is 0 Å². The van der Waals surface area contributed by atoms with Crippen LogP contribution in [0.5, 0.6) is 0 Å². The first-order valence-electron chi connectivity index (χ1n) is 7.65. The number of likely N-dealkylation sites (tertiary alicyclic amines) is 1. The number of nitrogens with one attached hydrogen (secondary N) is 2. The predicted octanol–water partition coefficient (Wildman–Crippen LogP) is 1.12. The first-order valence-corrected chi connectivity index (χ1v) is 8.81. The minimum Gasteiger partial charge on any atom is -0.387 e. The molecule has 0 spiro atoms. The van der Waals surface area contributed by atoms with Crippen LogP contribution in [0.4, 0.5) is 0 Å². The van der Waals surface area contributed by atoms with Crippen molar-refractivity contribution in [2.45, 2.75) is 37.8 Å². The maximum absolute atomic E-state index is 10.3. The second-order valence-electron chi connectivity index (χ2n) is 5.76. The number of thioether (sulfide) groups is 1. The summed E-state index contributed by atoms with van der Waals surface area (Å²) in [5.41, 5.74) is -0.564. The van der Waals surface area contributed by atoms with E-state index in [0.29, 0.717) is 12.6 Å². The number of rotatable bonds is 5. The quantitative estimate of drug-likeness (QED) is 0.348. The average Bonchev–Trinajstić information content (AvgIpc) is 3.08. The van der Waals surface area contributed by atoms with Crippen LogP contribution >= 0.6 is 35.7 Å². The fourth-order valence-corrected chi connectivity index (χ4v) is 4.26. The second kappa shape index (κ2) is 9.42. The van der Waals surface area contributed by atoms with Crippen molar-refractivity contribution in [1.29, 1.82) is 0 Å². The van der Waals surface area contributed by atoms with Crippen molar-refractivity contribution < 1.29 is 5.11 Å². The lowest BCUT2D eigenvalue weighted by Crippen LogP contribution is -2.49. The van der Waals surface area contributed by atoms with Crippen molar-refractivity contribution in [3.05, 3.63) is 0 Å². The van der Waals surface area contributed by atoms with Gasteiger partial charge < -0.3 is 15.7 Å². The number of likely N-dealkylation sites (N-methyl/N-ethyl adjacent to an activating group) is 1. The average molecular weight is 428 g/mol. The largest absolute Gasteiger partial charge is 0.387 e. The monoisotopic (exact) mass is 428 g/mol. The van der Waals surface area contributed by atoms with E-state index in [1.807, 2.05) is 11.8 Å². The Kier molecular flexibility index (Phi) is 8.66. The van der Waals surface area contributed by atoms with E-state index in [0.717, 1.165) is 37.0 Å². The van der Waals surface area contributed by atoms with Gasteiger partial charge in [-0.05, 0) is 38.1 Å². The van der Waals surface area contributed by atoms with Gasteiger partial charge in [0.15, 0.2) is 5.96 Å². The van der Waals surface area contributed by atoms with E-state index in [9.17, 15) is 5.11 Å². The molecule has 2 saturated heterocycles. The highest BCUT2D eigenvalue weighted by Crippen LogP contribution is 2.26. The maximum Gasteiger partial charge on any atom is 0.191 e. The smallest absolute Gasteiger partial charge is 0.191 e. The Morgan fingerprint density at radius 2 is 2.29 bits per heavy atom. The molecule has 21 heavy (non-hydrogen) atoms. The Labute approximate surface area is 149 Å². The molecule has 2 unspecified atom stereocenters. The molecule has 2 heterocycles. The highest BCUT2D eigenvalue weighted by Gasteiger charge is 2.31. The van der Waals surface area contributed by atoms with Crippen LogP contribution in [-0.4, -0.2) is 72.3 Å². The van der Waals surface area contributed by atoms with E-state index in [-0.39, 0.29) is 24.0 Å². The summed E-state index contributed by atoms with van der Waals surface area (Å²) in [6, 6.07) is 0.615. The third-order valence-electron chi connectivity index (χ3n) is 4.30. The summed E-state index contributed by atoms with van der Waals surface area (Å²) in [6.45, 7) is 6.07. The molecule has 0 bridgehead atoms. The molecule has 2 aliphatic heterocycles. The molecule has 2 fully saturated rings. The van der Waals surface area contributed by atoms with Crippen LogP contribution < -0.4 is 10.6 Å². The van der Waals surface area contributed by atoms with E-state index in [1.165, 1.54) is 19.4 Å². The minimum absolute atomic E-state index is 0. The van der Waals surface area contributed by atoms with Crippen LogP contribution in [0.2, 0.25) is 0 Å². The lowest BCUT2D eigenvalue weighted by molar-refractivity contribution is 0.0724. The van der Waals surface area contributed by atoms with Crippen molar-refractivity contribution in [3.8, 4) is 0 Å². The van der Waals surface area contributed by atoms with Crippen LogP contribution in [-0.2, 0) is 0 Å². The van der Waals surface area contributed by atoms with Gasteiger partial charge in [0.1, 0.15) is 0 Å². The highest BCUT2D eigenvalue weighted by molar-refractivity contribution is 14.0. The number of hydrogen-bond acceptors (Lipinski definition) is 4. The van der Waals surface area contributed by atoms with Gasteiger partial charge in [-0.25, -0.2) is 0 Å². The summed E-state index contributed by atoms with van der Waals surface area (Å²) < 4.78 is 0. The van der Waals surface area contributed by atoms with Crippen molar-refractivity contribution in [1.82, 2.24) is 15.5 Å². The molecule has 7 heteroatoms. The van der Waals surface area contributed by atoms with Crippen molar-refractivity contribution in [2.24, 2.45) is 4.99 Å². The van der Waals surface area contributed by atoms with E-state index in [2.05, 4.69) is 27.4 Å². The predicted molar refractivity (Wildman–Crippen MR) is 102 cm³/mol. The fourth-order valence-electron chi connectivity index (χ4n) is 2.96. The molecule has 5 nitrogen and oxygen atoms in total. The first kappa shape index (κ1) is 19.3. The zero-order valence-electron chi connectivity index (χ0n) is 13.1. The lowest BCUT2D eigenvalue weighted by atomic mass is 10.0. The molecule has 0 aliphatic carbocycles. The second-order valence-corrected chi connectivity index (χ2v) is 6.86. The van der Waals surface area contributed by atoms with Crippen molar-refractivity contribution >= 4 is 41.7 Å². The molecule has 3 N–H and O–H groups in total. The molecule has 2 atom stereocenters. The Balaban J connectivity index is 0.00000220. The van der Waals surface area contributed by atoms with E-state index < -0.39 is 5.60 Å². The van der Waals surface area contributed by atoms with Crippen LogP contribution in [0.15, 0.2) is 4.99 Å². The van der Waals surface area contributed by atoms with Gasteiger partial charge in [-0.2, -0.15) is 11.8 Å². The Morgan fingerprint density at radius 1 is 1.48 bits per heavy atom. The van der Waals surface area contributed by atoms with Crippen LogP contribution in [0, 0.1) is 0 Å². The number of halogens is 1. The minimum atomic E-state index is -0.564. The molecule has 0 saturated carbocycles. The molecular formula is C14H29IN4OS. The zero-order valence-corrected chi connectivity index (χ0v) is 16.2. The summed E-state index contributed by atoms with van der Waals surface area (Å²) in [7, 11) is 1.79. The summed E-state index contributed by atoms with van der Waals surface area (Å²) >= 11 is 1.82. The summed E-state index contributed by atoms with van der Waals surface area (Å²) in [4.78, 5) is 6.77. The van der Waals surface area contributed by atoms with Gasteiger partial charge in [-0.1, -0.05) is 6.92 Å². The standard InChI is InChI=1S/C14H28N4OS.HI/c1-3-18-7-4-5-12(18)9-16-13(15-2)17-10-14(19)6-8-20-11-14;/h12,19H,3-11H2,1-2H3,(H2,15,16,17);1H. The third-order valence-corrected chi connectivity index (χ3v) is 5.54. The number of hydrogen-bond donors (Lipinski definition) is 3. The summed E-state index contributed by atoms with van der Waals surface area (Å²) in [5.74, 6) is 2.68. The van der Waals surface area contributed by atoms with Gasteiger partial charge in [-0.3, -0.25) is 9.89 Å². The number of guanidine groups is 1. The molecule has 0 radical (unpaired) electrons. The van der Waals surface area contributed by atoms with Crippen molar-refractivity contribution in [2.75, 3.05) is 44.7 Å². The molecule has 0 aromatic heterocycles. The van der Waals surface area contributed by atoms with E-state index in [4.69, 9.17) is 0 Å². The van der Waals surface area contributed by atoms with Gasteiger partial charge in [0.25, 0.3) is 0 Å². The molecular weight excluding hydrogens is 399 g/mol. The zero-order chi connectivity index (χ0) is 14.4. The SMILES string of the molecule is CCN1CCCC1CNC(=NC)NCC1(O)CCSC1.I. The molecule has 0 aromatic rings. The highest BCUT2D eigenvalue weighted by atomic mass is 127. The lowest BCUT2D eigenvalue weighted by Gasteiger charge is -2.26. The normalized spacial score (nSPS) is 30.2. The molecule has 0 aromatic carbocycles. The van der Waals surface area contributed by atoms with E-state index in [1.54, 1.807) is 7.05 Å². The Hall–Kier alpha value is 0.270. The third kappa shape index (κ3) is 5.76. The fraction of sp³-hybridized carbons (Fsp3) is 0.929. The number of aliphatic hydroxyl groups is 1. The number of nitrogens with zero attached hydrogens (tertiary/aromatic N) is 2. The number of aliphatic imine (C=N–C) groups is 1. The molecule has 2 aliphatic rings. The van der Waals surface area contributed by atoms with Crippen LogP contribution in [0.25, 0.3) is 0 Å². The first-order chi connectivity index (χ1) is 9.67. The van der Waals surface area contributed by atoms with Crippen molar-refractivity contribution in [3.63, 3.8) is 0 Å². The van der Waals surface area contributed by atoms with Crippen LogP contribution in [0.1, 0.15) is 26.2 Å².